The third-order valence-corrected chi connectivity index (χ3v) is 4.38. The quantitative estimate of drug-likeness (QED) is 0.596. The lowest BCUT2D eigenvalue weighted by molar-refractivity contribution is -0.305. The van der Waals surface area contributed by atoms with Crippen LogP contribution in [-0.4, -0.2) is 13.1 Å². The van der Waals surface area contributed by atoms with Gasteiger partial charge in [0.2, 0.25) is 0 Å². The number of carbonyl (C=O) groups is 1. The number of carboxylic acids is 1. The Morgan fingerprint density at radius 2 is 1.96 bits per heavy atom. The normalized spacial score (nSPS) is 10.7. The van der Waals surface area contributed by atoms with E-state index in [1.807, 2.05) is 24.3 Å². The van der Waals surface area contributed by atoms with E-state index in [-0.39, 0.29) is 12.8 Å². The van der Waals surface area contributed by atoms with Crippen LogP contribution in [0.5, 0.6) is 11.5 Å². The molecule has 0 aliphatic heterocycles. The lowest BCUT2D eigenvalue weighted by Crippen LogP contribution is -2.24. The van der Waals surface area contributed by atoms with Crippen LogP contribution in [-0.2, 0) is 17.8 Å². The molecule has 0 N–H and O–H groups in total. The SMILES string of the molecule is COc1cccc(COc2ccc3c(C)c(CCC(=O)[O-])c(=O)oc3c2)c1. The number of carbonyl (C=O) groups excluding carboxylic acids is 1. The average Bonchev–Trinajstić information content (AvgIpc) is 2.66. The molecule has 6 nitrogen and oxygen atoms in total. The highest BCUT2D eigenvalue weighted by Gasteiger charge is 2.12. The lowest BCUT2D eigenvalue weighted by atomic mass is 10.0. The topological polar surface area (TPSA) is 88.8 Å². The minimum atomic E-state index is -1.20. The van der Waals surface area contributed by atoms with Gasteiger partial charge >= 0.3 is 5.63 Å². The molecule has 140 valence electrons. The van der Waals surface area contributed by atoms with E-state index in [9.17, 15) is 14.7 Å². The molecule has 0 amide bonds. The van der Waals surface area contributed by atoms with Crippen molar-refractivity contribution in [2.45, 2.75) is 26.4 Å². The number of carboxylic acid groups (broad SMARTS) is 1. The Morgan fingerprint density at radius 3 is 2.70 bits per heavy atom. The Kier molecular flexibility index (Phi) is 5.45. The van der Waals surface area contributed by atoms with Gasteiger partial charge in [-0.05, 0) is 55.2 Å². The van der Waals surface area contributed by atoms with E-state index in [1.54, 1.807) is 32.2 Å². The molecule has 0 bridgehead atoms. The number of aliphatic carboxylic acids is 1. The van der Waals surface area contributed by atoms with Gasteiger partial charge in [-0.3, -0.25) is 0 Å². The predicted molar refractivity (Wildman–Crippen MR) is 97.9 cm³/mol. The molecule has 3 aromatic rings. The molecule has 0 spiro atoms. The van der Waals surface area contributed by atoms with Crippen molar-refractivity contribution in [3.8, 4) is 11.5 Å². The number of methoxy groups -OCH3 is 1. The molecule has 3 rings (SSSR count). The van der Waals surface area contributed by atoms with E-state index in [2.05, 4.69) is 0 Å². The fourth-order valence-corrected chi connectivity index (χ4v) is 2.91. The summed E-state index contributed by atoms with van der Waals surface area (Å²) < 4.78 is 16.3. The highest BCUT2D eigenvalue weighted by molar-refractivity contribution is 5.82. The molecule has 0 saturated carbocycles. The first-order valence-electron chi connectivity index (χ1n) is 8.50. The van der Waals surface area contributed by atoms with Crippen LogP contribution in [0.2, 0.25) is 0 Å². The van der Waals surface area contributed by atoms with E-state index < -0.39 is 11.6 Å². The molecule has 2 aromatic carbocycles. The summed E-state index contributed by atoms with van der Waals surface area (Å²) in [5.41, 5.74) is 1.88. The van der Waals surface area contributed by atoms with Crippen LogP contribution in [0.1, 0.15) is 23.1 Å². The summed E-state index contributed by atoms with van der Waals surface area (Å²) in [6.07, 6.45) is -0.140. The largest absolute Gasteiger partial charge is 0.550 e. The van der Waals surface area contributed by atoms with Gasteiger partial charge in [0.1, 0.15) is 23.7 Å². The maximum absolute atomic E-state index is 12.2. The van der Waals surface area contributed by atoms with Crippen LogP contribution >= 0.6 is 0 Å². The van der Waals surface area contributed by atoms with Gasteiger partial charge in [0, 0.05) is 23.0 Å². The molecular weight excluding hydrogens is 348 g/mol. The Bertz CT molecular complexity index is 1030. The molecule has 1 aromatic heterocycles. The lowest BCUT2D eigenvalue weighted by Gasteiger charge is -2.11. The van der Waals surface area contributed by atoms with E-state index in [1.165, 1.54) is 0 Å². The van der Waals surface area contributed by atoms with Crippen LogP contribution in [0.4, 0.5) is 0 Å². The van der Waals surface area contributed by atoms with E-state index in [0.29, 0.717) is 29.1 Å². The molecule has 1 heterocycles. The summed E-state index contributed by atoms with van der Waals surface area (Å²) in [5.74, 6) is 0.117. The summed E-state index contributed by atoms with van der Waals surface area (Å²) in [6.45, 7) is 2.12. The van der Waals surface area contributed by atoms with Gasteiger partial charge in [-0.1, -0.05) is 12.1 Å². The first kappa shape index (κ1) is 18.5. The summed E-state index contributed by atoms with van der Waals surface area (Å²) in [4.78, 5) is 22.9. The van der Waals surface area contributed by atoms with Gasteiger partial charge in [-0.2, -0.15) is 0 Å². The van der Waals surface area contributed by atoms with Gasteiger partial charge in [-0.25, -0.2) is 4.79 Å². The van der Waals surface area contributed by atoms with Crippen molar-refractivity contribution in [1.29, 1.82) is 0 Å². The zero-order chi connectivity index (χ0) is 19.4. The molecule has 0 aliphatic carbocycles. The monoisotopic (exact) mass is 367 g/mol. The molecule has 0 fully saturated rings. The highest BCUT2D eigenvalue weighted by Crippen LogP contribution is 2.25. The van der Waals surface area contributed by atoms with E-state index >= 15 is 0 Å². The zero-order valence-corrected chi connectivity index (χ0v) is 15.1. The molecule has 0 radical (unpaired) electrons. The fourth-order valence-electron chi connectivity index (χ4n) is 2.91. The molecule has 0 unspecified atom stereocenters. The van der Waals surface area contributed by atoms with Crippen LogP contribution in [0.3, 0.4) is 0 Å². The van der Waals surface area contributed by atoms with Gasteiger partial charge in [0.15, 0.2) is 0 Å². The standard InChI is InChI=1S/C21H20O6/c1-13-17-7-6-16(26-12-14-4-3-5-15(10-14)25-2)11-19(17)27-21(24)18(13)8-9-20(22)23/h3-7,10-11H,8-9,12H2,1-2H3,(H,22,23)/p-1. The second kappa shape index (κ2) is 7.95. The Hall–Kier alpha value is -3.28. The maximum atomic E-state index is 12.2. The predicted octanol–water partition coefficient (Wildman–Crippen LogP) is 2.37. The Morgan fingerprint density at radius 1 is 1.15 bits per heavy atom. The minimum absolute atomic E-state index is 0.0839. The van der Waals surface area contributed by atoms with Crippen molar-refractivity contribution in [3.05, 3.63) is 69.6 Å². The van der Waals surface area contributed by atoms with Crippen molar-refractivity contribution in [2.24, 2.45) is 0 Å². The van der Waals surface area contributed by atoms with Crippen LogP contribution in [0.15, 0.2) is 51.7 Å². The number of ether oxygens (including phenoxy) is 2. The molecule has 0 aliphatic rings. The first-order valence-corrected chi connectivity index (χ1v) is 8.50. The van der Waals surface area contributed by atoms with Crippen molar-refractivity contribution in [3.63, 3.8) is 0 Å². The average molecular weight is 367 g/mol. The van der Waals surface area contributed by atoms with Gasteiger partial charge in [0.25, 0.3) is 0 Å². The van der Waals surface area contributed by atoms with Crippen molar-refractivity contribution in [2.75, 3.05) is 7.11 Å². The molecule has 0 atom stereocenters. The third-order valence-electron chi connectivity index (χ3n) is 4.38. The summed E-state index contributed by atoms with van der Waals surface area (Å²) in [5, 5.41) is 11.4. The third kappa shape index (κ3) is 4.28. The number of rotatable bonds is 7. The van der Waals surface area contributed by atoms with Crippen molar-refractivity contribution in [1.82, 2.24) is 0 Å². The Labute approximate surface area is 156 Å². The second-order valence-corrected chi connectivity index (χ2v) is 6.16. The first-order chi connectivity index (χ1) is 13.0. The molecular formula is C21H19O6-. The number of fused-ring (bicyclic) bond motifs is 1. The smallest absolute Gasteiger partial charge is 0.339 e. The number of hydrogen-bond acceptors (Lipinski definition) is 6. The fraction of sp³-hybridized carbons (Fsp3) is 0.238. The van der Waals surface area contributed by atoms with Crippen LogP contribution in [0.25, 0.3) is 11.0 Å². The van der Waals surface area contributed by atoms with E-state index in [4.69, 9.17) is 13.9 Å². The molecule has 6 heteroatoms. The van der Waals surface area contributed by atoms with Crippen molar-refractivity contribution >= 4 is 16.9 Å². The minimum Gasteiger partial charge on any atom is -0.550 e. The Balaban J connectivity index is 1.83. The van der Waals surface area contributed by atoms with Crippen LogP contribution in [0, 0.1) is 6.92 Å². The zero-order valence-electron chi connectivity index (χ0n) is 15.1. The van der Waals surface area contributed by atoms with Crippen molar-refractivity contribution < 1.29 is 23.8 Å². The summed E-state index contributed by atoms with van der Waals surface area (Å²) >= 11 is 0. The van der Waals surface area contributed by atoms with Crippen LogP contribution < -0.4 is 20.2 Å². The number of aryl methyl sites for hydroxylation is 1. The number of benzene rings is 2. The van der Waals surface area contributed by atoms with Gasteiger partial charge < -0.3 is 23.8 Å². The van der Waals surface area contributed by atoms with Gasteiger partial charge in [0.05, 0.1) is 7.11 Å². The second-order valence-electron chi connectivity index (χ2n) is 6.16. The summed E-state index contributed by atoms with van der Waals surface area (Å²) in [6, 6.07) is 12.8. The number of hydrogen-bond donors (Lipinski definition) is 0. The van der Waals surface area contributed by atoms with Gasteiger partial charge in [-0.15, -0.1) is 0 Å². The molecule has 0 saturated heterocycles. The van der Waals surface area contributed by atoms with E-state index in [0.717, 1.165) is 16.7 Å². The summed E-state index contributed by atoms with van der Waals surface area (Å²) in [7, 11) is 1.61. The maximum Gasteiger partial charge on any atom is 0.339 e. The molecule has 27 heavy (non-hydrogen) atoms. The highest BCUT2D eigenvalue weighted by atomic mass is 16.5.